The summed E-state index contributed by atoms with van der Waals surface area (Å²) in [5, 5.41) is 5.94. The average molecular weight is 755 g/mol. The van der Waals surface area contributed by atoms with E-state index in [2.05, 4.69) is 184 Å². The summed E-state index contributed by atoms with van der Waals surface area (Å²) < 4.78 is 7.13. The van der Waals surface area contributed by atoms with Crippen molar-refractivity contribution < 1.29 is 0 Å². The zero-order valence-electron chi connectivity index (χ0n) is 31.8. The molecule has 0 fully saturated rings. The summed E-state index contributed by atoms with van der Waals surface area (Å²) in [5.41, 5.74) is 11.5. The molecule has 12 rings (SSSR count). The number of rotatable bonds is 6. The van der Waals surface area contributed by atoms with Crippen molar-refractivity contribution in [2.45, 2.75) is 0 Å². The number of hydrogen-bond donors (Lipinski definition) is 0. The van der Waals surface area contributed by atoms with Gasteiger partial charge in [-0.25, -0.2) is 15.0 Å². The smallest absolute Gasteiger partial charge is 0.164 e. The van der Waals surface area contributed by atoms with E-state index in [0.29, 0.717) is 17.5 Å². The normalized spacial score (nSPS) is 11.7. The van der Waals surface area contributed by atoms with Crippen molar-refractivity contribution in [2.24, 2.45) is 0 Å². The number of hydrogen-bond acceptors (Lipinski definition) is 3. The molecule has 0 unspecified atom stereocenters. The summed E-state index contributed by atoms with van der Waals surface area (Å²) >= 11 is 0. The van der Waals surface area contributed by atoms with E-state index in [9.17, 15) is 0 Å². The predicted molar refractivity (Wildman–Crippen MR) is 242 cm³/mol. The van der Waals surface area contributed by atoms with Crippen LogP contribution in [0.2, 0.25) is 0 Å². The van der Waals surface area contributed by atoms with Gasteiger partial charge in [-0.3, -0.25) is 0 Å². The fourth-order valence-corrected chi connectivity index (χ4v) is 8.87. The van der Waals surface area contributed by atoms with Crippen LogP contribution in [0.15, 0.2) is 206 Å². The van der Waals surface area contributed by atoms with E-state index < -0.39 is 0 Å². The van der Waals surface area contributed by atoms with Gasteiger partial charge in [0.25, 0.3) is 0 Å². The molecule has 4 heterocycles. The SMILES string of the molecule is c1ccc(-c2nc(-c3ccccc3)nc(-c3cc(-n4c5ccccc5c5ccccc54)cc(-n4c5ccccc5c5ccc6ccn(-c7ccccc7)c6c54)c3)n2)cc1. The second kappa shape index (κ2) is 13.3. The van der Waals surface area contributed by atoms with Crippen LogP contribution in [0, 0.1) is 0 Å². The Bertz CT molecular complexity index is 3430. The van der Waals surface area contributed by atoms with E-state index in [4.69, 9.17) is 15.0 Å². The van der Waals surface area contributed by atoms with Gasteiger partial charge in [0.05, 0.1) is 27.6 Å². The molecule has 0 aliphatic carbocycles. The Morgan fingerprint density at radius 1 is 0.305 bits per heavy atom. The first-order valence-corrected chi connectivity index (χ1v) is 19.9. The molecule has 12 aromatic rings. The minimum Gasteiger partial charge on any atom is -0.315 e. The lowest BCUT2D eigenvalue weighted by Gasteiger charge is -2.17. The lowest BCUT2D eigenvalue weighted by atomic mass is 10.1. The standard InChI is InChI=1S/C53H34N6/c1-4-16-36(17-5-1)51-54-52(37-18-6-2-7-19-37)56-53(55-51)38-32-40(58-46-25-13-10-22-42(46)43-23-11-14-26-47(43)58)34-41(33-38)59-48-27-15-12-24-44(48)45-29-28-35-30-31-57(49(35)50(45)59)39-20-8-3-9-21-39/h1-34H. The van der Waals surface area contributed by atoms with Gasteiger partial charge in [0, 0.05) is 66.9 Å². The van der Waals surface area contributed by atoms with Gasteiger partial charge in [-0.15, -0.1) is 0 Å². The third kappa shape index (κ3) is 5.31. The molecule has 0 aliphatic rings. The quantitative estimate of drug-likeness (QED) is 0.170. The van der Waals surface area contributed by atoms with Gasteiger partial charge in [-0.1, -0.05) is 146 Å². The predicted octanol–water partition coefficient (Wildman–Crippen LogP) is 13.0. The minimum absolute atomic E-state index is 0.597. The van der Waals surface area contributed by atoms with Gasteiger partial charge < -0.3 is 13.7 Å². The highest BCUT2D eigenvalue weighted by Gasteiger charge is 2.22. The number of fused-ring (bicyclic) bond motifs is 8. The van der Waals surface area contributed by atoms with Crippen LogP contribution >= 0.6 is 0 Å². The summed E-state index contributed by atoms with van der Waals surface area (Å²) in [6, 6.07) is 70.5. The number of aromatic nitrogens is 6. The first-order chi connectivity index (χ1) is 29.3. The van der Waals surface area contributed by atoms with Crippen molar-refractivity contribution in [3.63, 3.8) is 0 Å². The van der Waals surface area contributed by atoms with Crippen molar-refractivity contribution in [1.82, 2.24) is 28.7 Å². The topological polar surface area (TPSA) is 53.5 Å². The van der Waals surface area contributed by atoms with Gasteiger partial charge >= 0.3 is 0 Å². The number of benzene rings is 8. The number of nitrogens with zero attached hydrogens (tertiary/aromatic N) is 6. The molecular formula is C53H34N6. The lowest BCUT2D eigenvalue weighted by molar-refractivity contribution is 1.07. The molecule has 0 atom stereocenters. The van der Waals surface area contributed by atoms with Gasteiger partial charge in [0.2, 0.25) is 0 Å². The zero-order valence-corrected chi connectivity index (χ0v) is 31.8. The summed E-state index contributed by atoms with van der Waals surface area (Å²) in [7, 11) is 0. The Hall–Kier alpha value is -8.09. The molecule has 0 amide bonds. The van der Waals surface area contributed by atoms with Crippen molar-refractivity contribution in [3.05, 3.63) is 206 Å². The van der Waals surface area contributed by atoms with E-state index in [0.717, 1.165) is 61.3 Å². The summed E-state index contributed by atoms with van der Waals surface area (Å²) in [4.78, 5) is 15.5. The van der Waals surface area contributed by atoms with Crippen molar-refractivity contribution in [1.29, 1.82) is 0 Å². The summed E-state index contributed by atoms with van der Waals surface area (Å²) in [6.07, 6.45) is 2.18. The Kier molecular flexibility index (Phi) is 7.43. The van der Waals surface area contributed by atoms with Crippen LogP contribution in [-0.2, 0) is 0 Å². The van der Waals surface area contributed by atoms with E-state index in [1.165, 1.54) is 26.9 Å². The highest BCUT2D eigenvalue weighted by atomic mass is 15.1. The molecule has 0 saturated heterocycles. The van der Waals surface area contributed by atoms with Crippen LogP contribution in [0.5, 0.6) is 0 Å². The largest absolute Gasteiger partial charge is 0.315 e. The monoisotopic (exact) mass is 754 g/mol. The molecule has 6 nitrogen and oxygen atoms in total. The molecule has 8 aromatic carbocycles. The van der Waals surface area contributed by atoms with E-state index >= 15 is 0 Å². The Labute approximate surface area is 339 Å². The second-order valence-electron chi connectivity index (χ2n) is 14.9. The molecule has 0 saturated carbocycles. The highest BCUT2D eigenvalue weighted by molar-refractivity contribution is 6.18. The van der Waals surface area contributed by atoms with Crippen LogP contribution in [0.25, 0.3) is 106 Å². The van der Waals surface area contributed by atoms with Crippen molar-refractivity contribution in [2.75, 3.05) is 0 Å². The van der Waals surface area contributed by atoms with Crippen molar-refractivity contribution >= 4 is 54.5 Å². The highest BCUT2D eigenvalue weighted by Crippen LogP contribution is 2.40. The van der Waals surface area contributed by atoms with Gasteiger partial charge in [-0.05, 0) is 54.6 Å². The first-order valence-electron chi connectivity index (χ1n) is 19.9. The summed E-state index contributed by atoms with van der Waals surface area (Å²) in [6.45, 7) is 0. The maximum atomic E-state index is 5.24. The van der Waals surface area contributed by atoms with Gasteiger partial charge in [0.15, 0.2) is 17.5 Å². The lowest BCUT2D eigenvalue weighted by Crippen LogP contribution is -2.04. The molecule has 0 spiro atoms. The maximum absolute atomic E-state index is 5.24. The van der Waals surface area contributed by atoms with Crippen LogP contribution in [-0.4, -0.2) is 28.7 Å². The fraction of sp³-hybridized carbons (Fsp3) is 0. The average Bonchev–Trinajstić information content (AvgIpc) is 4.00. The maximum Gasteiger partial charge on any atom is 0.164 e. The van der Waals surface area contributed by atoms with Gasteiger partial charge in [-0.2, -0.15) is 0 Å². The molecule has 6 heteroatoms. The Balaban J connectivity index is 1.22. The van der Waals surface area contributed by atoms with E-state index in [-0.39, 0.29) is 0 Å². The molecule has 0 radical (unpaired) electrons. The Morgan fingerprint density at radius 2 is 0.763 bits per heavy atom. The molecule has 276 valence electrons. The molecule has 0 aliphatic heterocycles. The second-order valence-corrected chi connectivity index (χ2v) is 14.9. The van der Waals surface area contributed by atoms with Crippen LogP contribution in [0.3, 0.4) is 0 Å². The molecule has 59 heavy (non-hydrogen) atoms. The van der Waals surface area contributed by atoms with Crippen LogP contribution < -0.4 is 0 Å². The Morgan fingerprint density at radius 3 is 1.34 bits per heavy atom. The first kappa shape index (κ1) is 33.1. The molecule has 0 N–H and O–H groups in total. The fourth-order valence-electron chi connectivity index (χ4n) is 8.87. The molecule has 4 aromatic heterocycles. The minimum atomic E-state index is 0.597. The van der Waals surface area contributed by atoms with Gasteiger partial charge in [0.1, 0.15) is 0 Å². The molecular weight excluding hydrogens is 721 g/mol. The summed E-state index contributed by atoms with van der Waals surface area (Å²) in [5.74, 6) is 1.84. The third-order valence-electron chi connectivity index (χ3n) is 11.5. The zero-order chi connectivity index (χ0) is 38.9. The van der Waals surface area contributed by atoms with Crippen LogP contribution in [0.4, 0.5) is 0 Å². The van der Waals surface area contributed by atoms with E-state index in [1.807, 2.05) is 36.4 Å². The third-order valence-corrected chi connectivity index (χ3v) is 11.5. The van der Waals surface area contributed by atoms with Crippen molar-refractivity contribution in [3.8, 4) is 51.2 Å². The molecule has 0 bridgehead atoms. The number of para-hydroxylation sites is 4. The van der Waals surface area contributed by atoms with Crippen LogP contribution in [0.1, 0.15) is 0 Å². The van der Waals surface area contributed by atoms with E-state index in [1.54, 1.807) is 0 Å².